The van der Waals surface area contributed by atoms with E-state index in [4.69, 9.17) is 4.74 Å². The van der Waals surface area contributed by atoms with Crippen molar-refractivity contribution in [3.8, 4) is 11.4 Å². The summed E-state index contributed by atoms with van der Waals surface area (Å²) in [5, 5.41) is 9.11. The molecule has 1 unspecified atom stereocenters. The maximum absolute atomic E-state index is 13.6. The molecule has 4 rings (SSSR count). The zero-order chi connectivity index (χ0) is 25.2. The van der Waals surface area contributed by atoms with Gasteiger partial charge in [-0.15, -0.1) is 0 Å². The predicted molar refractivity (Wildman–Crippen MR) is 143 cm³/mol. The second kappa shape index (κ2) is 10.5. The van der Waals surface area contributed by atoms with Crippen molar-refractivity contribution >= 4 is 22.5 Å². The molecule has 2 aromatic heterocycles. The summed E-state index contributed by atoms with van der Waals surface area (Å²) in [7, 11) is 5.77. The van der Waals surface area contributed by atoms with Crippen molar-refractivity contribution in [3.63, 3.8) is 0 Å². The molecule has 1 aromatic carbocycles. The van der Waals surface area contributed by atoms with Crippen molar-refractivity contribution in [2.75, 3.05) is 45.8 Å². The minimum atomic E-state index is -0.0492. The number of likely N-dealkylation sites (N-methyl/N-ethyl adjacent to an activating group) is 1. The molecular formula is C28H41N5O2. The fourth-order valence-corrected chi connectivity index (χ4v) is 5.13. The van der Waals surface area contributed by atoms with Crippen LogP contribution in [0.2, 0.25) is 0 Å². The lowest BCUT2D eigenvalue weighted by Gasteiger charge is -2.29. The van der Waals surface area contributed by atoms with E-state index in [1.165, 1.54) is 17.7 Å². The molecule has 1 aliphatic rings. The topological polar surface area (TPSA) is 77.2 Å². The third-order valence-corrected chi connectivity index (χ3v) is 7.38. The molecule has 3 aromatic rings. The lowest BCUT2D eigenvalue weighted by molar-refractivity contribution is -0.123. The van der Waals surface area contributed by atoms with Gasteiger partial charge in [-0.3, -0.25) is 9.89 Å². The van der Waals surface area contributed by atoms with Crippen LogP contribution in [0.1, 0.15) is 51.3 Å². The predicted octanol–water partition coefficient (Wildman–Crippen LogP) is 5.03. The molecule has 0 radical (unpaired) electrons. The van der Waals surface area contributed by atoms with Gasteiger partial charge in [0.2, 0.25) is 5.91 Å². The van der Waals surface area contributed by atoms with Gasteiger partial charge in [0.1, 0.15) is 5.69 Å². The fourth-order valence-electron chi connectivity index (χ4n) is 5.13. The summed E-state index contributed by atoms with van der Waals surface area (Å²) >= 11 is 0. The summed E-state index contributed by atoms with van der Waals surface area (Å²) in [5.41, 5.74) is 6.93. The summed E-state index contributed by atoms with van der Waals surface area (Å²) in [4.78, 5) is 21.2. The van der Waals surface area contributed by atoms with Crippen LogP contribution in [0.4, 0.5) is 5.69 Å². The van der Waals surface area contributed by atoms with Crippen molar-refractivity contribution in [1.29, 1.82) is 0 Å². The van der Waals surface area contributed by atoms with E-state index >= 15 is 0 Å². The third kappa shape index (κ3) is 5.62. The molecule has 190 valence electrons. The molecule has 1 amide bonds. The number of amides is 1. The molecule has 0 bridgehead atoms. The number of carbonyl (C=O) groups is 1. The van der Waals surface area contributed by atoms with Gasteiger partial charge in [-0.1, -0.05) is 26.8 Å². The largest absolute Gasteiger partial charge is 0.385 e. The number of aromatic amines is 2. The number of carbonyl (C=O) groups excluding carboxylic acids is 1. The van der Waals surface area contributed by atoms with E-state index in [0.29, 0.717) is 18.6 Å². The monoisotopic (exact) mass is 479 g/mol. The molecule has 35 heavy (non-hydrogen) atoms. The van der Waals surface area contributed by atoms with Crippen LogP contribution in [0.25, 0.3) is 22.3 Å². The van der Waals surface area contributed by atoms with Gasteiger partial charge in [-0.05, 0) is 69.8 Å². The second-order valence-electron chi connectivity index (χ2n) is 11.0. The number of fused-ring (bicyclic) bond motifs is 2. The Hall–Kier alpha value is -2.64. The lowest BCUT2D eigenvalue weighted by atomic mass is 9.76. The number of ether oxygens (including phenoxy) is 1. The van der Waals surface area contributed by atoms with Crippen molar-refractivity contribution in [2.45, 2.75) is 52.9 Å². The molecule has 1 atom stereocenters. The third-order valence-electron chi connectivity index (χ3n) is 7.38. The maximum Gasteiger partial charge on any atom is 0.230 e. The molecule has 0 spiro atoms. The molecule has 0 fully saturated rings. The summed E-state index contributed by atoms with van der Waals surface area (Å²) in [5.74, 6) is 0.119. The zero-order valence-corrected chi connectivity index (χ0v) is 22.2. The SMILES string of the molecule is CCC(CCOC)C(=O)N(CCN(C)C)c1ccc2cc(-c3n[nH]c4c3CCC(C)(C)C4)[nH]c2c1. The highest BCUT2D eigenvalue weighted by molar-refractivity contribution is 5.98. The van der Waals surface area contributed by atoms with Gasteiger partial charge < -0.3 is 19.5 Å². The Kier molecular flexibility index (Phi) is 7.67. The minimum Gasteiger partial charge on any atom is -0.385 e. The highest BCUT2D eigenvalue weighted by atomic mass is 16.5. The highest BCUT2D eigenvalue weighted by Crippen LogP contribution is 2.38. The Morgan fingerprint density at radius 1 is 1.23 bits per heavy atom. The van der Waals surface area contributed by atoms with Crippen LogP contribution in [-0.2, 0) is 22.4 Å². The Morgan fingerprint density at radius 3 is 2.74 bits per heavy atom. The van der Waals surface area contributed by atoms with Crippen molar-refractivity contribution < 1.29 is 9.53 Å². The number of nitrogens with zero attached hydrogens (tertiary/aromatic N) is 3. The zero-order valence-electron chi connectivity index (χ0n) is 22.2. The second-order valence-corrected chi connectivity index (χ2v) is 11.0. The van der Waals surface area contributed by atoms with E-state index < -0.39 is 0 Å². The van der Waals surface area contributed by atoms with E-state index in [1.54, 1.807) is 7.11 Å². The fraction of sp³-hybridized carbons (Fsp3) is 0.571. The minimum absolute atomic E-state index is 0.0492. The van der Waals surface area contributed by atoms with Gasteiger partial charge in [0.05, 0.1) is 5.69 Å². The van der Waals surface area contributed by atoms with Gasteiger partial charge >= 0.3 is 0 Å². The Bertz CT molecular complexity index is 1160. The number of anilines is 1. The van der Waals surface area contributed by atoms with Crippen LogP contribution in [0, 0.1) is 11.3 Å². The number of H-pyrrole nitrogens is 2. The van der Waals surface area contributed by atoms with E-state index in [2.05, 4.69) is 65.1 Å². The molecule has 2 heterocycles. The number of hydrogen-bond donors (Lipinski definition) is 2. The first-order valence-corrected chi connectivity index (χ1v) is 12.9. The number of aromatic nitrogens is 3. The molecule has 1 aliphatic carbocycles. The maximum atomic E-state index is 13.6. The first-order chi connectivity index (χ1) is 16.7. The number of hydrogen-bond acceptors (Lipinski definition) is 4. The van der Waals surface area contributed by atoms with Crippen LogP contribution < -0.4 is 4.90 Å². The lowest BCUT2D eigenvalue weighted by Crippen LogP contribution is -2.40. The van der Waals surface area contributed by atoms with Crippen LogP contribution in [0.15, 0.2) is 24.3 Å². The smallest absolute Gasteiger partial charge is 0.230 e. The van der Waals surface area contributed by atoms with E-state index in [1.807, 2.05) is 19.0 Å². The molecular weight excluding hydrogens is 438 g/mol. The molecule has 7 nitrogen and oxygen atoms in total. The van der Waals surface area contributed by atoms with Crippen molar-refractivity contribution in [1.82, 2.24) is 20.1 Å². The van der Waals surface area contributed by atoms with Gasteiger partial charge in [-0.2, -0.15) is 5.10 Å². The van der Waals surface area contributed by atoms with Gasteiger partial charge in [0.25, 0.3) is 0 Å². The van der Waals surface area contributed by atoms with E-state index in [0.717, 1.165) is 60.2 Å². The first kappa shape index (κ1) is 25.5. The van der Waals surface area contributed by atoms with Crippen LogP contribution in [0.3, 0.4) is 0 Å². The van der Waals surface area contributed by atoms with Gasteiger partial charge in [0.15, 0.2) is 0 Å². The van der Waals surface area contributed by atoms with Crippen LogP contribution in [-0.4, -0.2) is 66.9 Å². The normalized spacial score (nSPS) is 16.0. The quantitative estimate of drug-likeness (QED) is 0.428. The molecule has 2 N–H and O–H groups in total. The van der Waals surface area contributed by atoms with E-state index in [-0.39, 0.29) is 11.8 Å². The average Bonchev–Trinajstić information content (AvgIpc) is 3.41. The summed E-state index contributed by atoms with van der Waals surface area (Å²) < 4.78 is 5.26. The number of benzene rings is 1. The Balaban J connectivity index is 1.64. The number of rotatable bonds is 10. The molecule has 0 saturated heterocycles. The van der Waals surface area contributed by atoms with Crippen molar-refractivity contribution in [3.05, 3.63) is 35.5 Å². The summed E-state index contributed by atoms with van der Waals surface area (Å²) in [6, 6.07) is 8.46. The van der Waals surface area contributed by atoms with Gasteiger partial charge in [0, 0.05) is 60.6 Å². The first-order valence-electron chi connectivity index (χ1n) is 12.9. The van der Waals surface area contributed by atoms with E-state index in [9.17, 15) is 4.79 Å². The Labute approximate surface area is 209 Å². The standard InChI is InChI=1S/C28H41N5O2/c1-7-19(11-15-35-6)27(34)33(14-13-32(4)5)21-9-8-20-16-24(29-23(20)17-21)26-22-10-12-28(2,3)18-25(22)30-31-26/h8-9,16-17,19,29H,7,10-15,18H2,1-6H3,(H,30,31). The molecule has 7 heteroatoms. The number of methoxy groups -OCH3 is 1. The van der Waals surface area contributed by atoms with Crippen molar-refractivity contribution in [2.24, 2.45) is 11.3 Å². The highest BCUT2D eigenvalue weighted by Gasteiger charge is 2.30. The average molecular weight is 480 g/mol. The summed E-state index contributed by atoms with van der Waals surface area (Å²) in [6.07, 6.45) is 4.78. The van der Waals surface area contributed by atoms with Crippen LogP contribution >= 0.6 is 0 Å². The Morgan fingerprint density at radius 2 is 2.03 bits per heavy atom. The molecule has 0 aliphatic heterocycles. The number of nitrogens with one attached hydrogen (secondary N) is 2. The van der Waals surface area contributed by atoms with Crippen LogP contribution in [0.5, 0.6) is 0 Å². The summed E-state index contributed by atoms with van der Waals surface area (Å²) in [6.45, 7) is 8.77. The van der Waals surface area contributed by atoms with Gasteiger partial charge in [-0.25, -0.2) is 0 Å². The molecule has 0 saturated carbocycles.